The molecule has 58 heavy (non-hydrogen) atoms. The summed E-state index contributed by atoms with van der Waals surface area (Å²) in [5, 5.41) is 71.7. The van der Waals surface area contributed by atoms with E-state index >= 15 is 0 Å². The minimum absolute atomic E-state index is 0.0683. The first-order valence-electron chi connectivity index (χ1n) is 23.1. The van der Waals surface area contributed by atoms with E-state index < -0.39 is 80.7 Å². The average Bonchev–Trinajstić information content (AvgIpc) is 3.22. The van der Waals surface area contributed by atoms with Crippen molar-refractivity contribution in [1.82, 2.24) is 0 Å². The molecule has 0 saturated carbocycles. The van der Waals surface area contributed by atoms with Crippen LogP contribution in [0.3, 0.4) is 0 Å². The zero-order valence-electron chi connectivity index (χ0n) is 36.1. The van der Waals surface area contributed by atoms with Gasteiger partial charge in [0.05, 0.1) is 26.4 Å². The first-order chi connectivity index (χ1) is 28.1. The molecule has 0 aromatic heterocycles. The number of aliphatic hydroxyl groups is 7. The monoisotopic (exact) mass is 837 g/mol. The van der Waals surface area contributed by atoms with Crippen LogP contribution in [0.1, 0.15) is 174 Å². The minimum atomic E-state index is -1.70. The number of esters is 1. The third kappa shape index (κ3) is 22.2. The molecule has 2 fully saturated rings. The Morgan fingerprint density at radius 2 is 0.914 bits per heavy atom. The molecule has 2 rings (SSSR count). The second-order valence-corrected chi connectivity index (χ2v) is 16.6. The number of rotatable bonds is 36. The molecule has 0 amide bonds. The van der Waals surface area contributed by atoms with E-state index in [2.05, 4.69) is 13.8 Å². The van der Waals surface area contributed by atoms with Crippen molar-refractivity contribution in [3.8, 4) is 0 Å². The van der Waals surface area contributed by atoms with E-state index in [4.69, 9.17) is 28.4 Å². The topological polar surface area (TPSA) is 214 Å². The molecule has 2 aliphatic rings. The number of aliphatic hydroxyl groups excluding tert-OH is 7. The summed E-state index contributed by atoms with van der Waals surface area (Å²) in [7, 11) is 0. The third-order valence-electron chi connectivity index (χ3n) is 11.4. The molecule has 0 spiro atoms. The van der Waals surface area contributed by atoms with Crippen LogP contribution >= 0.6 is 0 Å². The molecule has 0 radical (unpaired) electrons. The number of hydrogen-bond donors (Lipinski definition) is 7. The molecule has 2 saturated heterocycles. The lowest BCUT2D eigenvalue weighted by molar-refractivity contribution is -0.332. The molecule has 11 atom stereocenters. The Morgan fingerprint density at radius 3 is 1.40 bits per heavy atom. The average molecular weight is 837 g/mol. The Balaban J connectivity index is 1.72. The molecule has 0 aliphatic carbocycles. The largest absolute Gasteiger partial charge is 0.457 e. The van der Waals surface area contributed by atoms with Crippen molar-refractivity contribution in [2.24, 2.45) is 0 Å². The Hall–Kier alpha value is -1.01. The zero-order valence-corrected chi connectivity index (χ0v) is 36.1. The maximum Gasteiger partial charge on any atom is 0.306 e. The fourth-order valence-electron chi connectivity index (χ4n) is 7.52. The Morgan fingerprint density at radius 1 is 0.500 bits per heavy atom. The van der Waals surface area contributed by atoms with Crippen LogP contribution in [0.15, 0.2) is 0 Å². The lowest BCUT2D eigenvalue weighted by atomic mass is 9.98. The van der Waals surface area contributed by atoms with E-state index in [1.165, 1.54) is 103 Å². The van der Waals surface area contributed by atoms with Crippen LogP contribution in [0.25, 0.3) is 0 Å². The second-order valence-electron chi connectivity index (χ2n) is 16.6. The fraction of sp³-hybridized carbons (Fsp3) is 0.977. The summed E-state index contributed by atoms with van der Waals surface area (Å²) in [5.41, 5.74) is 0. The first kappa shape index (κ1) is 53.1. The summed E-state index contributed by atoms with van der Waals surface area (Å²) in [4.78, 5) is 12.8. The van der Waals surface area contributed by atoms with E-state index in [0.29, 0.717) is 13.0 Å². The number of ether oxygens (including phenoxy) is 6. The Kier molecular flexibility index (Phi) is 30.8. The van der Waals surface area contributed by atoms with Gasteiger partial charge in [0.15, 0.2) is 12.6 Å². The third-order valence-corrected chi connectivity index (χ3v) is 11.4. The van der Waals surface area contributed by atoms with E-state index in [-0.39, 0.29) is 25.6 Å². The lowest BCUT2D eigenvalue weighted by Crippen LogP contribution is -2.61. The molecule has 14 heteroatoms. The summed E-state index contributed by atoms with van der Waals surface area (Å²) in [6.45, 7) is 3.64. The van der Waals surface area contributed by atoms with E-state index in [9.17, 15) is 40.5 Å². The molecular weight excluding hydrogens is 752 g/mol. The molecule has 14 nitrogen and oxygen atoms in total. The number of unbranched alkanes of at least 4 members (excludes halogenated alkanes) is 22. The van der Waals surface area contributed by atoms with Gasteiger partial charge in [-0.15, -0.1) is 0 Å². The highest BCUT2D eigenvalue weighted by atomic mass is 16.7. The van der Waals surface area contributed by atoms with Crippen molar-refractivity contribution >= 4 is 5.97 Å². The van der Waals surface area contributed by atoms with Crippen LogP contribution in [0.4, 0.5) is 0 Å². The summed E-state index contributed by atoms with van der Waals surface area (Å²) < 4.78 is 34.0. The van der Waals surface area contributed by atoms with Gasteiger partial charge in [0, 0.05) is 13.0 Å². The zero-order chi connectivity index (χ0) is 42.4. The maximum atomic E-state index is 12.8. The van der Waals surface area contributed by atoms with Crippen LogP contribution in [-0.2, 0) is 33.2 Å². The molecular formula is C44H84O14. The molecule has 344 valence electrons. The number of carbonyl (C=O) groups is 1. The van der Waals surface area contributed by atoms with Gasteiger partial charge in [-0.2, -0.15) is 0 Å². The minimum Gasteiger partial charge on any atom is -0.457 e. The van der Waals surface area contributed by atoms with Gasteiger partial charge in [-0.3, -0.25) is 4.79 Å². The molecule has 11 unspecified atom stereocenters. The normalized spacial score (nSPS) is 28.2. The van der Waals surface area contributed by atoms with E-state index in [0.717, 1.165) is 44.9 Å². The molecule has 7 N–H and O–H groups in total. The number of carbonyl (C=O) groups excluding carboxylic acids is 1. The van der Waals surface area contributed by atoms with Gasteiger partial charge in [0.2, 0.25) is 0 Å². The molecule has 0 aromatic carbocycles. The van der Waals surface area contributed by atoms with Crippen LogP contribution in [0, 0.1) is 0 Å². The van der Waals surface area contributed by atoms with Crippen molar-refractivity contribution in [3.63, 3.8) is 0 Å². The standard InChI is InChI=1S/C44H84O14/c1-3-5-7-9-11-12-13-14-15-16-17-18-19-20-21-22-24-26-28-53-30-33(56-36(46)27-25-23-10-8-6-4-2)31-54-43-42(52)40(50)38(48)35(58-43)32-55-44-41(51)39(49)37(47)34(29-45)57-44/h33-35,37-45,47-52H,3-32H2,1-2H3. The smallest absolute Gasteiger partial charge is 0.306 e. The van der Waals surface area contributed by atoms with Gasteiger partial charge in [0.25, 0.3) is 0 Å². The van der Waals surface area contributed by atoms with Crippen molar-refractivity contribution < 1.29 is 69.0 Å². The lowest BCUT2D eigenvalue weighted by Gasteiger charge is -2.42. The number of hydrogen-bond acceptors (Lipinski definition) is 14. The SMILES string of the molecule is CCCCCCCCCCCCCCCCCCCCOCC(COC1OC(COC2OC(CO)C(O)C(O)C2O)C(O)C(O)C1O)OC(=O)CCCCCCCC. The van der Waals surface area contributed by atoms with Crippen LogP contribution in [0.5, 0.6) is 0 Å². The van der Waals surface area contributed by atoms with E-state index in [1.54, 1.807) is 0 Å². The van der Waals surface area contributed by atoms with Gasteiger partial charge in [0.1, 0.15) is 54.9 Å². The predicted octanol–water partition coefficient (Wildman–Crippen LogP) is 5.35. The molecule has 2 heterocycles. The van der Waals surface area contributed by atoms with E-state index in [1.807, 2.05) is 0 Å². The van der Waals surface area contributed by atoms with Crippen molar-refractivity contribution in [1.29, 1.82) is 0 Å². The summed E-state index contributed by atoms with van der Waals surface area (Å²) >= 11 is 0. The highest BCUT2D eigenvalue weighted by molar-refractivity contribution is 5.69. The van der Waals surface area contributed by atoms with Crippen LogP contribution in [-0.4, -0.2) is 142 Å². The summed E-state index contributed by atoms with van der Waals surface area (Å²) in [6, 6.07) is 0. The molecule has 2 aliphatic heterocycles. The van der Waals surface area contributed by atoms with Crippen LogP contribution < -0.4 is 0 Å². The van der Waals surface area contributed by atoms with Gasteiger partial charge in [-0.05, 0) is 12.8 Å². The quantitative estimate of drug-likeness (QED) is 0.0313. The highest BCUT2D eigenvalue weighted by Gasteiger charge is 2.47. The fourth-order valence-corrected chi connectivity index (χ4v) is 7.52. The summed E-state index contributed by atoms with van der Waals surface area (Å²) in [5.74, 6) is -0.382. The predicted molar refractivity (Wildman–Crippen MR) is 220 cm³/mol. The first-order valence-corrected chi connectivity index (χ1v) is 23.1. The van der Waals surface area contributed by atoms with Gasteiger partial charge < -0.3 is 64.2 Å². The van der Waals surface area contributed by atoms with Crippen molar-refractivity contribution in [3.05, 3.63) is 0 Å². The summed E-state index contributed by atoms with van der Waals surface area (Å²) in [6.07, 6.45) is 13.6. The van der Waals surface area contributed by atoms with Gasteiger partial charge >= 0.3 is 5.97 Å². The second kappa shape index (κ2) is 33.6. The van der Waals surface area contributed by atoms with Gasteiger partial charge in [-0.25, -0.2) is 0 Å². The molecule has 0 bridgehead atoms. The highest BCUT2D eigenvalue weighted by Crippen LogP contribution is 2.26. The Labute approximate surface area is 349 Å². The van der Waals surface area contributed by atoms with Crippen molar-refractivity contribution in [2.75, 3.05) is 33.0 Å². The van der Waals surface area contributed by atoms with Gasteiger partial charge in [-0.1, -0.05) is 155 Å². The maximum absolute atomic E-state index is 12.8. The van der Waals surface area contributed by atoms with Crippen LogP contribution in [0.2, 0.25) is 0 Å². The van der Waals surface area contributed by atoms with Crippen molar-refractivity contribution in [2.45, 2.75) is 242 Å². The Bertz CT molecular complexity index is 975. The molecule has 0 aromatic rings.